The summed E-state index contributed by atoms with van der Waals surface area (Å²) in [6.07, 6.45) is -4.61. The van der Waals surface area contributed by atoms with Crippen LogP contribution in [0.15, 0.2) is 36.4 Å². The molecule has 0 bridgehead atoms. The number of fused-ring (bicyclic) bond motifs is 1. The highest BCUT2D eigenvalue weighted by Gasteiger charge is 2.37. The maximum Gasteiger partial charge on any atom is 0.453 e. The van der Waals surface area contributed by atoms with Crippen LogP contribution in [0, 0.1) is 12.8 Å². The fourth-order valence-electron chi connectivity index (χ4n) is 3.63. The van der Waals surface area contributed by atoms with Gasteiger partial charge in [0.1, 0.15) is 5.82 Å². The van der Waals surface area contributed by atoms with E-state index in [0.717, 1.165) is 24.1 Å². The van der Waals surface area contributed by atoms with Gasteiger partial charge in [-0.25, -0.2) is 4.98 Å². The Kier molecular flexibility index (Phi) is 4.70. The van der Waals surface area contributed by atoms with E-state index in [1.54, 1.807) is 13.0 Å². The van der Waals surface area contributed by atoms with Crippen LogP contribution in [0.3, 0.4) is 0 Å². The predicted octanol–water partition coefficient (Wildman–Crippen LogP) is 3.38. The van der Waals surface area contributed by atoms with Crippen LogP contribution >= 0.6 is 0 Å². The van der Waals surface area contributed by atoms with E-state index < -0.39 is 12.0 Å². The summed E-state index contributed by atoms with van der Waals surface area (Å²) in [6.45, 7) is 6.41. The molecule has 9 heteroatoms. The van der Waals surface area contributed by atoms with Gasteiger partial charge >= 0.3 is 6.18 Å². The van der Waals surface area contributed by atoms with E-state index in [-0.39, 0.29) is 11.8 Å². The Morgan fingerprint density at radius 3 is 2.61 bits per heavy atom. The van der Waals surface area contributed by atoms with E-state index in [2.05, 4.69) is 44.3 Å². The molecule has 28 heavy (non-hydrogen) atoms. The van der Waals surface area contributed by atoms with E-state index >= 15 is 0 Å². The third kappa shape index (κ3) is 3.80. The Morgan fingerprint density at radius 1 is 1.14 bits per heavy atom. The van der Waals surface area contributed by atoms with Crippen LogP contribution in [-0.4, -0.2) is 43.6 Å². The minimum atomic E-state index is -4.61. The lowest BCUT2D eigenvalue weighted by atomic mass is 10.1. The van der Waals surface area contributed by atoms with Crippen LogP contribution in [0.2, 0.25) is 0 Å². The molecule has 3 aromatic rings. The average Bonchev–Trinajstić information content (AvgIpc) is 3.19. The summed E-state index contributed by atoms with van der Waals surface area (Å²) in [5.74, 6) is -0.429. The number of alkyl halides is 3. The lowest BCUT2D eigenvalue weighted by Gasteiger charge is -2.19. The van der Waals surface area contributed by atoms with Crippen molar-refractivity contribution in [1.29, 1.82) is 0 Å². The first-order valence-corrected chi connectivity index (χ1v) is 9.14. The summed E-state index contributed by atoms with van der Waals surface area (Å²) >= 11 is 0. The molecule has 0 amide bonds. The first-order valence-electron chi connectivity index (χ1n) is 9.14. The SMILES string of the molecule is Cc1cc(NC2CN(Cc3ccccc3)CC2C)n2nc(C(F)(F)F)nc2n1. The second-order valence-corrected chi connectivity index (χ2v) is 7.34. The quantitative estimate of drug-likeness (QED) is 0.740. The van der Waals surface area contributed by atoms with Crippen molar-refractivity contribution in [1.82, 2.24) is 24.5 Å². The van der Waals surface area contributed by atoms with Crippen molar-refractivity contribution < 1.29 is 13.2 Å². The molecule has 6 nitrogen and oxygen atoms in total. The highest BCUT2D eigenvalue weighted by atomic mass is 19.4. The zero-order valence-electron chi connectivity index (χ0n) is 15.6. The van der Waals surface area contributed by atoms with Gasteiger partial charge in [-0.3, -0.25) is 4.90 Å². The van der Waals surface area contributed by atoms with Crippen LogP contribution in [0.5, 0.6) is 0 Å². The van der Waals surface area contributed by atoms with Crippen molar-refractivity contribution in [2.75, 3.05) is 18.4 Å². The summed E-state index contributed by atoms with van der Waals surface area (Å²) in [6, 6.07) is 12.0. The molecule has 4 rings (SSSR count). The van der Waals surface area contributed by atoms with Crippen molar-refractivity contribution in [2.45, 2.75) is 32.6 Å². The standard InChI is InChI=1S/C19H21F3N6/c1-12-9-27(10-14-6-4-3-5-7-14)11-15(12)24-16-8-13(2)23-18-25-17(19(20,21)22)26-28(16)18/h3-8,12,15,24H,9-11H2,1-2H3. The smallest absolute Gasteiger partial charge is 0.366 e. The van der Waals surface area contributed by atoms with E-state index in [9.17, 15) is 13.2 Å². The van der Waals surface area contributed by atoms with Crippen molar-refractivity contribution in [3.05, 3.63) is 53.5 Å². The Morgan fingerprint density at radius 2 is 1.89 bits per heavy atom. The minimum Gasteiger partial charge on any atom is -0.366 e. The van der Waals surface area contributed by atoms with Gasteiger partial charge in [-0.2, -0.15) is 22.7 Å². The number of likely N-dealkylation sites (tertiary alicyclic amines) is 1. The molecule has 0 aliphatic carbocycles. The molecule has 3 heterocycles. The molecule has 1 aliphatic heterocycles. The zero-order valence-corrected chi connectivity index (χ0v) is 15.6. The molecule has 1 aromatic carbocycles. The average molecular weight is 390 g/mol. The normalized spacial score (nSPS) is 20.8. The summed E-state index contributed by atoms with van der Waals surface area (Å²) in [5, 5.41) is 6.99. The Labute approximate surface area is 160 Å². The number of hydrogen-bond acceptors (Lipinski definition) is 5. The first kappa shape index (κ1) is 18.7. The number of anilines is 1. The summed E-state index contributed by atoms with van der Waals surface area (Å²) in [4.78, 5) is 9.95. The fraction of sp³-hybridized carbons (Fsp3) is 0.421. The molecule has 1 aliphatic rings. The molecule has 2 unspecified atom stereocenters. The van der Waals surface area contributed by atoms with Gasteiger partial charge in [0.15, 0.2) is 0 Å². The molecule has 1 saturated heterocycles. The topological polar surface area (TPSA) is 58.4 Å². The molecule has 1 N–H and O–H groups in total. The molecule has 0 saturated carbocycles. The molecule has 2 aromatic heterocycles. The molecular weight excluding hydrogens is 369 g/mol. The second-order valence-electron chi connectivity index (χ2n) is 7.34. The van der Waals surface area contributed by atoms with E-state index in [0.29, 0.717) is 17.4 Å². The van der Waals surface area contributed by atoms with Gasteiger partial charge in [0.05, 0.1) is 0 Å². The van der Waals surface area contributed by atoms with E-state index in [4.69, 9.17) is 0 Å². The number of nitrogens with zero attached hydrogens (tertiary/aromatic N) is 5. The largest absolute Gasteiger partial charge is 0.453 e. The van der Waals surface area contributed by atoms with Crippen LogP contribution in [0.4, 0.5) is 19.0 Å². The van der Waals surface area contributed by atoms with Gasteiger partial charge in [0.2, 0.25) is 0 Å². The lowest BCUT2D eigenvalue weighted by molar-refractivity contribution is -0.144. The summed E-state index contributed by atoms with van der Waals surface area (Å²) < 4.78 is 40.1. The van der Waals surface area contributed by atoms with Gasteiger partial charge < -0.3 is 5.32 Å². The van der Waals surface area contributed by atoms with Crippen molar-refractivity contribution >= 4 is 11.6 Å². The highest BCUT2D eigenvalue weighted by molar-refractivity contribution is 5.46. The number of rotatable bonds is 4. The van der Waals surface area contributed by atoms with Crippen molar-refractivity contribution in [3.8, 4) is 0 Å². The molecule has 2 atom stereocenters. The molecule has 148 valence electrons. The number of nitrogens with one attached hydrogen (secondary N) is 1. The van der Waals surface area contributed by atoms with Crippen LogP contribution in [0.25, 0.3) is 5.78 Å². The molecule has 0 radical (unpaired) electrons. The van der Waals surface area contributed by atoms with Crippen molar-refractivity contribution in [3.63, 3.8) is 0 Å². The van der Waals surface area contributed by atoms with Gasteiger partial charge in [-0.05, 0) is 18.4 Å². The predicted molar refractivity (Wildman–Crippen MR) is 98.8 cm³/mol. The van der Waals surface area contributed by atoms with Gasteiger partial charge in [0, 0.05) is 37.4 Å². The fourth-order valence-corrected chi connectivity index (χ4v) is 3.63. The first-order chi connectivity index (χ1) is 13.3. The lowest BCUT2D eigenvalue weighted by Crippen LogP contribution is -2.29. The minimum absolute atomic E-state index is 0.0541. The molecule has 1 fully saturated rings. The molecular formula is C19H21F3N6. The maximum absolute atomic E-state index is 13.0. The Bertz CT molecular complexity index is 969. The monoisotopic (exact) mass is 390 g/mol. The Hall–Kier alpha value is -2.68. The Balaban J connectivity index is 1.55. The van der Waals surface area contributed by atoms with Gasteiger partial charge in [0.25, 0.3) is 11.6 Å². The zero-order chi connectivity index (χ0) is 19.9. The number of halogens is 3. The van der Waals surface area contributed by atoms with Crippen LogP contribution < -0.4 is 5.32 Å². The summed E-state index contributed by atoms with van der Waals surface area (Å²) in [7, 11) is 0. The second kappa shape index (κ2) is 7.05. The number of benzene rings is 1. The van der Waals surface area contributed by atoms with Crippen LogP contribution in [0.1, 0.15) is 24.0 Å². The van der Waals surface area contributed by atoms with Crippen LogP contribution in [-0.2, 0) is 12.7 Å². The third-order valence-electron chi connectivity index (χ3n) is 4.96. The summed E-state index contributed by atoms with van der Waals surface area (Å²) in [5.41, 5.74) is 1.83. The van der Waals surface area contributed by atoms with E-state index in [1.165, 1.54) is 5.56 Å². The third-order valence-corrected chi connectivity index (χ3v) is 4.96. The highest BCUT2D eigenvalue weighted by Crippen LogP contribution is 2.28. The van der Waals surface area contributed by atoms with E-state index in [1.807, 2.05) is 18.2 Å². The number of aryl methyl sites for hydroxylation is 1. The number of hydrogen-bond donors (Lipinski definition) is 1. The van der Waals surface area contributed by atoms with Gasteiger partial charge in [-0.15, -0.1) is 5.10 Å². The maximum atomic E-state index is 13.0. The number of aromatic nitrogens is 4. The molecule has 0 spiro atoms. The van der Waals surface area contributed by atoms with Crippen molar-refractivity contribution in [2.24, 2.45) is 5.92 Å². The van der Waals surface area contributed by atoms with Gasteiger partial charge in [-0.1, -0.05) is 37.3 Å².